The Morgan fingerprint density at radius 3 is 3.14 bits per heavy atom. The molecule has 14 heavy (non-hydrogen) atoms. The molecule has 0 aliphatic carbocycles. The maximum Gasteiger partial charge on any atom is 0.257 e. The third-order valence-corrected chi connectivity index (χ3v) is 2.39. The highest BCUT2D eigenvalue weighted by Crippen LogP contribution is 2.15. The highest BCUT2D eigenvalue weighted by atomic mass is 16.1. The van der Waals surface area contributed by atoms with Gasteiger partial charge in [0.05, 0.1) is 11.3 Å². The molecule has 1 aromatic heterocycles. The van der Waals surface area contributed by atoms with Gasteiger partial charge in [-0.25, -0.2) is 0 Å². The van der Waals surface area contributed by atoms with Crippen molar-refractivity contribution in [3.63, 3.8) is 0 Å². The van der Waals surface area contributed by atoms with E-state index in [1.54, 1.807) is 12.3 Å². The molecule has 0 unspecified atom stereocenters. The van der Waals surface area contributed by atoms with Crippen LogP contribution in [0.15, 0.2) is 30.1 Å². The van der Waals surface area contributed by atoms with E-state index in [2.05, 4.69) is 10.3 Å². The Kier molecular flexibility index (Phi) is 2.31. The van der Waals surface area contributed by atoms with Gasteiger partial charge in [0.25, 0.3) is 5.91 Å². The zero-order valence-corrected chi connectivity index (χ0v) is 8.08. The monoisotopic (exact) mass is 188 g/mol. The summed E-state index contributed by atoms with van der Waals surface area (Å²) in [6, 6.07) is 3.61. The number of carbonyl (C=O) groups is 1. The number of allylic oxidation sites excluding steroid dienone is 2. The van der Waals surface area contributed by atoms with Crippen molar-refractivity contribution in [2.24, 2.45) is 0 Å². The largest absolute Gasteiger partial charge is 0.326 e. The SMILES string of the molecule is C/C=C1/CCc2ncccc2C(=O)N1. The van der Waals surface area contributed by atoms with Crippen LogP contribution in [-0.2, 0) is 6.42 Å². The van der Waals surface area contributed by atoms with Crippen molar-refractivity contribution in [1.29, 1.82) is 0 Å². The molecule has 0 aromatic carbocycles. The van der Waals surface area contributed by atoms with Crippen LogP contribution in [0.4, 0.5) is 0 Å². The van der Waals surface area contributed by atoms with E-state index in [9.17, 15) is 4.79 Å². The summed E-state index contributed by atoms with van der Waals surface area (Å²) < 4.78 is 0. The summed E-state index contributed by atoms with van der Waals surface area (Å²) in [6.07, 6.45) is 5.34. The van der Waals surface area contributed by atoms with Gasteiger partial charge in [-0.3, -0.25) is 9.78 Å². The molecule has 0 bridgehead atoms. The molecule has 1 aromatic rings. The van der Waals surface area contributed by atoms with Crippen molar-refractivity contribution in [3.05, 3.63) is 41.4 Å². The van der Waals surface area contributed by atoms with Crippen LogP contribution in [0.5, 0.6) is 0 Å². The first kappa shape index (κ1) is 8.94. The summed E-state index contributed by atoms with van der Waals surface area (Å²) in [7, 11) is 0. The summed E-state index contributed by atoms with van der Waals surface area (Å²) in [5.74, 6) is -0.0429. The van der Waals surface area contributed by atoms with Crippen LogP contribution >= 0.6 is 0 Å². The molecule has 2 heterocycles. The number of carbonyl (C=O) groups excluding carboxylic acids is 1. The Labute approximate surface area is 82.9 Å². The van der Waals surface area contributed by atoms with Crippen LogP contribution in [-0.4, -0.2) is 10.9 Å². The Hall–Kier alpha value is -1.64. The van der Waals surface area contributed by atoms with Crippen molar-refractivity contribution < 1.29 is 4.79 Å². The maximum absolute atomic E-state index is 11.7. The summed E-state index contributed by atoms with van der Waals surface area (Å²) >= 11 is 0. The van der Waals surface area contributed by atoms with E-state index in [4.69, 9.17) is 0 Å². The van der Waals surface area contributed by atoms with Gasteiger partial charge in [-0.2, -0.15) is 0 Å². The van der Waals surface area contributed by atoms with Crippen LogP contribution < -0.4 is 5.32 Å². The van der Waals surface area contributed by atoms with E-state index in [-0.39, 0.29) is 5.91 Å². The lowest BCUT2D eigenvalue weighted by Crippen LogP contribution is -2.21. The third-order valence-electron chi connectivity index (χ3n) is 2.39. The van der Waals surface area contributed by atoms with Gasteiger partial charge in [-0.15, -0.1) is 0 Å². The minimum atomic E-state index is -0.0429. The molecule has 0 spiro atoms. The molecule has 0 radical (unpaired) electrons. The molecule has 1 aliphatic heterocycles. The Balaban J connectivity index is 2.41. The molecule has 3 nitrogen and oxygen atoms in total. The molecule has 0 saturated carbocycles. The van der Waals surface area contributed by atoms with E-state index in [1.807, 2.05) is 19.1 Å². The van der Waals surface area contributed by atoms with Gasteiger partial charge < -0.3 is 5.32 Å². The number of fused-ring (bicyclic) bond motifs is 1. The van der Waals surface area contributed by atoms with Gasteiger partial charge in [0.15, 0.2) is 0 Å². The molecular weight excluding hydrogens is 176 g/mol. The van der Waals surface area contributed by atoms with Crippen molar-refractivity contribution in [1.82, 2.24) is 10.3 Å². The second-order valence-corrected chi connectivity index (χ2v) is 3.27. The number of hydrogen-bond donors (Lipinski definition) is 1. The number of hydrogen-bond acceptors (Lipinski definition) is 2. The predicted octanol–water partition coefficient (Wildman–Crippen LogP) is 1.66. The zero-order valence-electron chi connectivity index (χ0n) is 8.08. The van der Waals surface area contributed by atoms with Crippen LogP contribution in [0.1, 0.15) is 29.4 Å². The first-order valence-corrected chi connectivity index (χ1v) is 4.71. The number of aromatic nitrogens is 1. The topological polar surface area (TPSA) is 42.0 Å². The molecule has 1 aliphatic rings. The fraction of sp³-hybridized carbons (Fsp3) is 0.273. The quantitative estimate of drug-likeness (QED) is 0.672. The normalized spacial score (nSPS) is 18.6. The van der Waals surface area contributed by atoms with E-state index in [0.29, 0.717) is 5.56 Å². The fourth-order valence-corrected chi connectivity index (χ4v) is 1.59. The Morgan fingerprint density at radius 2 is 2.36 bits per heavy atom. The predicted molar refractivity (Wildman–Crippen MR) is 53.8 cm³/mol. The van der Waals surface area contributed by atoms with Crippen LogP contribution in [0.3, 0.4) is 0 Å². The summed E-state index contributed by atoms with van der Waals surface area (Å²) in [4.78, 5) is 15.9. The number of aryl methyl sites for hydroxylation is 1. The number of nitrogens with one attached hydrogen (secondary N) is 1. The Bertz CT molecular complexity index is 396. The van der Waals surface area contributed by atoms with E-state index in [1.165, 1.54) is 0 Å². The van der Waals surface area contributed by atoms with Gasteiger partial charge >= 0.3 is 0 Å². The van der Waals surface area contributed by atoms with E-state index >= 15 is 0 Å². The minimum Gasteiger partial charge on any atom is -0.326 e. The summed E-state index contributed by atoms with van der Waals surface area (Å²) in [5, 5.41) is 2.87. The molecule has 2 rings (SSSR count). The smallest absolute Gasteiger partial charge is 0.257 e. The van der Waals surface area contributed by atoms with E-state index < -0.39 is 0 Å². The Morgan fingerprint density at radius 1 is 1.50 bits per heavy atom. The van der Waals surface area contributed by atoms with Crippen LogP contribution in [0, 0.1) is 0 Å². The molecule has 1 N–H and O–H groups in total. The molecule has 0 atom stereocenters. The number of pyridine rings is 1. The maximum atomic E-state index is 11.7. The van der Waals surface area contributed by atoms with Gasteiger partial charge in [-0.1, -0.05) is 6.08 Å². The number of amides is 1. The third kappa shape index (κ3) is 1.53. The van der Waals surface area contributed by atoms with Crippen molar-refractivity contribution >= 4 is 5.91 Å². The van der Waals surface area contributed by atoms with Crippen LogP contribution in [0.2, 0.25) is 0 Å². The van der Waals surface area contributed by atoms with Gasteiger partial charge in [0.2, 0.25) is 0 Å². The number of nitrogens with zero attached hydrogens (tertiary/aromatic N) is 1. The average Bonchev–Trinajstić information content (AvgIpc) is 2.39. The molecule has 0 fully saturated rings. The summed E-state index contributed by atoms with van der Waals surface area (Å²) in [6.45, 7) is 1.93. The lowest BCUT2D eigenvalue weighted by atomic mass is 10.1. The zero-order chi connectivity index (χ0) is 9.97. The first-order valence-electron chi connectivity index (χ1n) is 4.71. The standard InChI is InChI=1S/C11H12N2O/c1-2-8-5-6-10-9(11(14)13-8)4-3-7-12-10/h2-4,7H,5-6H2,1H3,(H,13,14)/b8-2-. The first-order chi connectivity index (χ1) is 6.81. The van der Waals surface area contributed by atoms with E-state index in [0.717, 1.165) is 24.2 Å². The van der Waals surface area contributed by atoms with Crippen molar-refractivity contribution in [2.45, 2.75) is 19.8 Å². The molecule has 0 saturated heterocycles. The van der Waals surface area contributed by atoms with Crippen LogP contribution in [0.25, 0.3) is 0 Å². The average molecular weight is 188 g/mol. The highest BCUT2D eigenvalue weighted by molar-refractivity contribution is 5.96. The lowest BCUT2D eigenvalue weighted by Gasteiger charge is -2.02. The van der Waals surface area contributed by atoms with Gasteiger partial charge in [-0.05, 0) is 31.9 Å². The second-order valence-electron chi connectivity index (χ2n) is 3.27. The fourth-order valence-electron chi connectivity index (χ4n) is 1.59. The summed E-state index contributed by atoms with van der Waals surface area (Å²) in [5.41, 5.74) is 2.57. The minimum absolute atomic E-state index is 0.0429. The second kappa shape index (κ2) is 3.62. The lowest BCUT2D eigenvalue weighted by molar-refractivity contribution is 0.0966. The highest BCUT2D eigenvalue weighted by Gasteiger charge is 2.17. The molecular formula is C11H12N2O. The molecule has 1 amide bonds. The van der Waals surface area contributed by atoms with Gasteiger partial charge in [0.1, 0.15) is 0 Å². The van der Waals surface area contributed by atoms with Crippen molar-refractivity contribution in [3.8, 4) is 0 Å². The molecule has 3 heteroatoms. The molecule has 72 valence electrons. The van der Waals surface area contributed by atoms with Crippen molar-refractivity contribution in [2.75, 3.05) is 0 Å². The van der Waals surface area contributed by atoms with Gasteiger partial charge in [0, 0.05) is 11.9 Å². The number of rotatable bonds is 0.